The number of hydrogen-bond donors (Lipinski definition) is 0. The average molecular weight is 362 g/mol. The van der Waals surface area contributed by atoms with E-state index in [1.54, 1.807) is 0 Å². The van der Waals surface area contributed by atoms with Gasteiger partial charge < -0.3 is 9.32 Å². The van der Waals surface area contributed by atoms with E-state index in [9.17, 15) is 4.79 Å². The summed E-state index contributed by atoms with van der Waals surface area (Å²) in [4.78, 5) is 14.3. The number of amides is 1. The minimum Gasteiger partial charge on any atom is -0.415 e. The van der Waals surface area contributed by atoms with Crippen molar-refractivity contribution >= 4 is 17.7 Å². The Labute approximate surface area is 153 Å². The summed E-state index contributed by atoms with van der Waals surface area (Å²) < 4.78 is 6.08. The maximum absolute atomic E-state index is 12.3. The third kappa shape index (κ3) is 3.00. The van der Waals surface area contributed by atoms with Gasteiger partial charge in [0.1, 0.15) is 0 Å². The molecule has 0 unspecified atom stereocenters. The van der Waals surface area contributed by atoms with Crippen LogP contribution in [0.4, 0.5) is 0 Å². The van der Waals surface area contributed by atoms with Crippen LogP contribution in [-0.2, 0) is 10.2 Å². The van der Waals surface area contributed by atoms with Gasteiger partial charge in [-0.1, -0.05) is 11.8 Å². The maximum Gasteiger partial charge on any atom is 0.277 e. The summed E-state index contributed by atoms with van der Waals surface area (Å²) in [6.07, 6.45) is 11.5. The zero-order chi connectivity index (χ0) is 16.9. The molecule has 0 N–H and O–H groups in total. The van der Waals surface area contributed by atoms with Crippen molar-refractivity contribution in [3.8, 4) is 0 Å². The van der Waals surface area contributed by atoms with E-state index in [-0.39, 0.29) is 11.3 Å². The van der Waals surface area contributed by atoms with Crippen molar-refractivity contribution in [2.45, 2.75) is 68.4 Å². The Kier molecular flexibility index (Phi) is 4.06. The molecule has 1 amide bonds. The first-order chi connectivity index (χ1) is 12.2. The molecule has 1 aliphatic heterocycles. The Morgan fingerprint density at radius 1 is 1.04 bits per heavy atom. The average Bonchev–Trinajstić information content (AvgIpc) is 3.09. The summed E-state index contributed by atoms with van der Waals surface area (Å²) in [7, 11) is 0. The molecule has 0 aromatic carbocycles. The molecule has 0 spiro atoms. The van der Waals surface area contributed by atoms with E-state index in [1.807, 2.05) is 4.90 Å². The first-order valence-electron chi connectivity index (χ1n) is 9.95. The van der Waals surface area contributed by atoms with Gasteiger partial charge in [-0.05, 0) is 75.5 Å². The lowest BCUT2D eigenvalue weighted by Crippen LogP contribution is -2.48. The third-order valence-electron chi connectivity index (χ3n) is 6.93. The number of hydrogen-bond acceptors (Lipinski definition) is 5. The van der Waals surface area contributed by atoms with E-state index in [1.165, 1.54) is 56.7 Å². The molecule has 6 heteroatoms. The van der Waals surface area contributed by atoms with Crippen molar-refractivity contribution in [1.82, 2.24) is 15.1 Å². The standard InChI is InChI=1S/C19H27N3O2S/c23-16(22-4-2-1-3-5-22)12-25-18-21-20-17(24-18)19-9-13-6-14(10-19)8-15(7-13)11-19/h13-15H,1-12H2. The number of nitrogens with zero attached hydrogens (tertiary/aromatic N) is 3. The molecule has 5 nitrogen and oxygen atoms in total. The number of piperidine rings is 1. The normalized spacial score (nSPS) is 36.8. The second-order valence-electron chi connectivity index (χ2n) is 8.80. The molecule has 4 aliphatic carbocycles. The Morgan fingerprint density at radius 2 is 1.68 bits per heavy atom. The third-order valence-corrected chi connectivity index (χ3v) is 7.73. The first kappa shape index (κ1) is 16.2. The van der Waals surface area contributed by atoms with Crippen LogP contribution in [0.1, 0.15) is 63.7 Å². The van der Waals surface area contributed by atoms with Gasteiger partial charge in [-0.3, -0.25) is 4.79 Å². The van der Waals surface area contributed by atoms with Crippen LogP contribution in [-0.4, -0.2) is 39.8 Å². The van der Waals surface area contributed by atoms with E-state index in [0.29, 0.717) is 11.0 Å². The van der Waals surface area contributed by atoms with Crippen molar-refractivity contribution in [3.63, 3.8) is 0 Å². The Balaban J connectivity index is 1.24. The molecule has 25 heavy (non-hydrogen) atoms. The Morgan fingerprint density at radius 3 is 2.32 bits per heavy atom. The van der Waals surface area contributed by atoms with Gasteiger partial charge in [-0.2, -0.15) is 0 Å². The summed E-state index contributed by atoms with van der Waals surface area (Å²) in [5.41, 5.74) is 0.150. The van der Waals surface area contributed by atoms with Crippen molar-refractivity contribution in [1.29, 1.82) is 0 Å². The predicted molar refractivity (Wildman–Crippen MR) is 95.3 cm³/mol. The number of rotatable bonds is 4. The molecule has 0 radical (unpaired) electrons. The Bertz CT molecular complexity index is 618. The highest BCUT2D eigenvalue weighted by molar-refractivity contribution is 7.99. The predicted octanol–water partition coefficient (Wildman–Crippen LogP) is 3.64. The van der Waals surface area contributed by atoms with Crippen molar-refractivity contribution in [3.05, 3.63) is 5.89 Å². The first-order valence-corrected chi connectivity index (χ1v) is 10.9. The smallest absolute Gasteiger partial charge is 0.277 e. The van der Waals surface area contributed by atoms with Gasteiger partial charge >= 0.3 is 0 Å². The number of thioether (sulfide) groups is 1. The van der Waals surface area contributed by atoms with Crippen LogP contribution >= 0.6 is 11.8 Å². The summed E-state index contributed by atoms with van der Waals surface area (Å²) in [5, 5.41) is 9.28. The lowest BCUT2D eigenvalue weighted by atomic mass is 9.49. The molecule has 0 atom stereocenters. The van der Waals surface area contributed by atoms with Crippen LogP contribution in [0.15, 0.2) is 9.64 Å². The van der Waals surface area contributed by atoms with Crippen LogP contribution < -0.4 is 0 Å². The summed E-state index contributed by atoms with van der Waals surface area (Å²) in [6.45, 7) is 1.81. The second kappa shape index (κ2) is 6.29. The SMILES string of the molecule is O=C(CSc1nnc(C23CC4CC(CC(C4)C2)C3)o1)N1CCCCC1. The monoisotopic (exact) mass is 361 g/mol. The van der Waals surface area contributed by atoms with Crippen molar-refractivity contribution < 1.29 is 9.21 Å². The van der Waals surface area contributed by atoms with Crippen LogP contribution in [0.5, 0.6) is 0 Å². The summed E-state index contributed by atoms with van der Waals surface area (Å²) in [6, 6.07) is 0. The van der Waals surface area contributed by atoms with Crippen molar-refractivity contribution in [2.75, 3.05) is 18.8 Å². The van der Waals surface area contributed by atoms with Gasteiger partial charge in [0.2, 0.25) is 11.8 Å². The highest BCUT2D eigenvalue weighted by atomic mass is 32.2. The summed E-state index contributed by atoms with van der Waals surface area (Å²) in [5.74, 6) is 4.10. The lowest BCUT2D eigenvalue weighted by Gasteiger charge is -2.55. The molecule has 1 saturated heterocycles. The highest BCUT2D eigenvalue weighted by Gasteiger charge is 2.54. The van der Waals surface area contributed by atoms with Crippen LogP contribution in [0.25, 0.3) is 0 Å². The molecule has 5 aliphatic rings. The van der Waals surface area contributed by atoms with Crippen LogP contribution in [0, 0.1) is 17.8 Å². The van der Waals surface area contributed by atoms with Gasteiger partial charge in [-0.25, -0.2) is 0 Å². The minimum atomic E-state index is 0.150. The number of likely N-dealkylation sites (tertiary alicyclic amines) is 1. The fourth-order valence-corrected chi connectivity index (χ4v) is 6.88. The van der Waals surface area contributed by atoms with Gasteiger partial charge in [-0.15, -0.1) is 10.2 Å². The molecule has 6 rings (SSSR count). The van der Waals surface area contributed by atoms with Gasteiger partial charge in [0.15, 0.2) is 0 Å². The highest BCUT2D eigenvalue weighted by Crippen LogP contribution is 2.60. The lowest BCUT2D eigenvalue weighted by molar-refractivity contribution is -0.129. The molecule has 5 fully saturated rings. The molecule has 4 saturated carbocycles. The van der Waals surface area contributed by atoms with Gasteiger partial charge in [0, 0.05) is 18.5 Å². The molecule has 136 valence electrons. The zero-order valence-corrected chi connectivity index (χ0v) is 15.6. The molecular weight excluding hydrogens is 334 g/mol. The zero-order valence-electron chi connectivity index (χ0n) is 14.8. The molecule has 1 aromatic rings. The molecular formula is C19H27N3O2S. The second-order valence-corrected chi connectivity index (χ2v) is 9.73. The van der Waals surface area contributed by atoms with E-state index < -0.39 is 0 Å². The van der Waals surface area contributed by atoms with Gasteiger partial charge in [0.25, 0.3) is 5.22 Å². The largest absolute Gasteiger partial charge is 0.415 e. The van der Waals surface area contributed by atoms with Gasteiger partial charge in [0.05, 0.1) is 5.75 Å². The number of carbonyl (C=O) groups is 1. The van der Waals surface area contributed by atoms with E-state index in [2.05, 4.69) is 10.2 Å². The van der Waals surface area contributed by atoms with E-state index >= 15 is 0 Å². The topological polar surface area (TPSA) is 59.2 Å². The number of carbonyl (C=O) groups excluding carboxylic acids is 1. The van der Waals surface area contributed by atoms with Crippen LogP contribution in [0.3, 0.4) is 0 Å². The number of aromatic nitrogens is 2. The quantitative estimate of drug-likeness (QED) is 0.766. The summed E-state index contributed by atoms with van der Waals surface area (Å²) >= 11 is 1.42. The fraction of sp³-hybridized carbons (Fsp3) is 0.842. The molecule has 2 heterocycles. The van der Waals surface area contributed by atoms with Crippen LogP contribution in [0.2, 0.25) is 0 Å². The fourth-order valence-electron chi connectivity index (χ4n) is 6.21. The van der Waals surface area contributed by atoms with E-state index in [4.69, 9.17) is 4.42 Å². The Hall–Kier alpha value is -1.04. The van der Waals surface area contributed by atoms with E-state index in [0.717, 1.165) is 49.6 Å². The minimum absolute atomic E-state index is 0.150. The van der Waals surface area contributed by atoms with Crippen molar-refractivity contribution in [2.24, 2.45) is 17.8 Å². The molecule has 1 aromatic heterocycles. The maximum atomic E-state index is 12.3. The molecule has 4 bridgehead atoms.